The molecule has 4 N–H and O–H groups in total. The van der Waals surface area contributed by atoms with E-state index in [0.29, 0.717) is 32.7 Å². The van der Waals surface area contributed by atoms with Gasteiger partial charge in [0, 0.05) is 17.5 Å². The van der Waals surface area contributed by atoms with Crippen LogP contribution in [0.4, 0.5) is 11.8 Å². The molecule has 0 saturated heterocycles. The molecule has 1 unspecified atom stereocenters. The Balaban J connectivity index is 1.72. The Morgan fingerprint density at radius 3 is 2.51 bits per heavy atom. The van der Waals surface area contributed by atoms with Crippen molar-refractivity contribution in [2.24, 2.45) is 0 Å². The molecule has 0 aliphatic heterocycles. The normalized spacial score (nSPS) is 12.5. The molecule has 3 aromatic rings. The van der Waals surface area contributed by atoms with Gasteiger partial charge in [-0.15, -0.1) is 11.3 Å². The number of amides is 2. The second-order valence-corrected chi connectivity index (χ2v) is 10.6. The van der Waals surface area contributed by atoms with Gasteiger partial charge in [0.25, 0.3) is 11.8 Å². The average molecular weight is 518 g/mol. The van der Waals surface area contributed by atoms with Crippen LogP contribution in [0.1, 0.15) is 70.2 Å². The predicted molar refractivity (Wildman–Crippen MR) is 136 cm³/mol. The molecule has 35 heavy (non-hydrogen) atoms. The van der Waals surface area contributed by atoms with Crippen LogP contribution in [0.3, 0.4) is 0 Å². The van der Waals surface area contributed by atoms with E-state index in [1.165, 1.54) is 18.7 Å². The Morgan fingerprint density at radius 1 is 1.14 bits per heavy atom. The van der Waals surface area contributed by atoms with Crippen LogP contribution in [0, 0.1) is 0 Å². The van der Waals surface area contributed by atoms with E-state index in [1.807, 2.05) is 39.8 Å². The van der Waals surface area contributed by atoms with Gasteiger partial charge in [-0.3, -0.25) is 14.9 Å². The lowest BCUT2D eigenvalue weighted by atomic mass is 9.92. The van der Waals surface area contributed by atoms with Crippen molar-refractivity contribution in [3.63, 3.8) is 0 Å². The number of nitrogens with two attached hydrogens (primary N) is 1. The molecule has 186 valence electrons. The number of nitrogens with one attached hydrogen (secondary N) is 2. The van der Waals surface area contributed by atoms with Crippen molar-refractivity contribution < 1.29 is 9.59 Å². The summed E-state index contributed by atoms with van der Waals surface area (Å²) >= 11 is 7.36. The van der Waals surface area contributed by atoms with Gasteiger partial charge in [-0.25, -0.2) is 24.9 Å². The molecule has 3 heterocycles. The van der Waals surface area contributed by atoms with Crippen molar-refractivity contribution in [3.8, 4) is 0 Å². The van der Waals surface area contributed by atoms with E-state index in [0.717, 1.165) is 11.3 Å². The Kier molecular flexibility index (Phi) is 7.98. The summed E-state index contributed by atoms with van der Waals surface area (Å²) < 4.78 is 0. The third-order valence-corrected chi connectivity index (χ3v) is 6.27. The quantitative estimate of drug-likeness (QED) is 0.429. The smallest absolute Gasteiger partial charge is 0.270 e. The fraction of sp³-hybridized carbons (Fsp3) is 0.409. The highest BCUT2D eigenvalue weighted by Gasteiger charge is 2.23. The lowest BCUT2D eigenvalue weighted by Gasteiger charge is -2.19. The van der Waals surface area contributed by atoms with Gasteiger partial charge in [-0.1, -0.05) is 32.4 Å². The van der Waals surface area contributed by atoms with Crippen LogP contribution >= 0.6 is 22.9 Å². The fourth-order valence-electron chi connectivity index (χ4n) is 3.13. The van der Waals surface area contributed by atoms with Crippen LogP contribution in [0.15, 0.2) is 18.7 Å². The minimum atomic E-state index is -0.475. The number of carbonyl (C=O) groups is 2. The Morgan fingerprint density at radius 2 is 1.86 bits per heavy atom. The van der Waals surface area contributed by atoms with Crippen molar-refractivity contribution in [3.05, 3.63) is 50.6 Å². The molecule has 3 aromatic heterocycles. The van der Waals surface area contributed by atoms with Crippen molar-refractivity contribution in [1.82, 2.24) is 35.1 Å². The molecule has 0 spiro atoms. The third kappa shape index (κ3) is 6.47. The van der Waals surface area contributed by atoms with E-state index in [2.05, 4.69) is 35.6 Å². The number of thiazole rings is 1. The zero-order valence-corrected chi connectivity index (χ0v) is 22.0. The Hall–Kier alpha value is -3.22. The maximum Gasteiger partial charge on any atom is 0.270 e. The summed E-state index contributed by atoms with van der Waals surface area (Å²) in [5, 5.41) is 6.51. The zero-order chi connectivity index (χ0) is 25.9. The SMILES string of the molecule is CC(NC(=O)c1ncnc(N)c1CN(C)C)c1ncc(C(=O)Nc2ncc(Cl)c(C(C)(C)C)n2)s1. The molecular weight excluding hydrogens is 490 g/mol. The van der Waals surface area contributed by atoms with Gasteiger partial charge < -0.3 is 16.0 Å². The van der Waals surface area contributed by atoms with Crippen LogP contribution in [0.5, 0.6) is 0 Å². The number of hydrogen-bond acceptors (Lipinski definition) is 10. The number of anilines is 2. The molecule has 2 amide bonds. The highest BCUT2D eigenvalue weighted by atomic mass is 35.5. The van der Waals surface area contributed by atoms with E-state index < -0.39 is 17.9 Å². The lowest BCUT2D eigenvalue weighted by Crippen LogP contribution is -2.30. The van der Waals surface area contributed by atoms with Crippen molar-refractivity contribution in [2.75, 3.05) is 25.1 Å². The number of aromatic nitrogens is 5. The summed E-state index contributed by atoms with van der Waals surface area (Å²) in [6, 6.07) is -0.475. The van der Waals surface area contributed by atoms with Crippen LogP contribution in [-0.2, 0) is 12.0 Å². The lowest BCUT2D eigenvalue weighted by molar-refractivity contribution is 0.0932. The first kappa shape index (κ1) is 26.4. The second-order valence-electron chi connectivity index (χ2n) is 9.18. The maximum atomic E-state index is 12.9. The van der Waals surface area contributed by atoms with Gasteiger partial charge in [0.15, 0.2) is 0 Å². The van der Waals surface area contributed by atoms with Crippen LogP contribution in [0.2, 0.25) is 5.02 Å². The highest BCUT2D eigenvalue weighted by molar-refractivity contribution is 7.13. The van der Waals surface area contributed by atoms with E-state index >= 15 is 0 Å². The number of nitrogens with zero attached hydrogens (tertiary/aromatic N) is 6. The number of nitrogen functional groups attached to an aromatic ring is 1. The van der Waals surface area contributed by atoms with Crippen LogP contribution < -0.4 is 16.4 Å². The van der Waals surface area contributed by atoms with Crippen molar-refractivity contribution in [1.29, 1.82) is 0 Å². The standard InChI is InChI=1S/C22H28ClN9O2S/c1-11(29-19(34)15-12(9-32(5)6)17(24)28-10-27-15)20-25-8-14(35-20)18(33)31-21-26-7-13(23)16(30-21)22(2,3)4/h7-8,10-11H,9H2,1-6H3,(H,29,34)(H2,24,27,28)(H,26,30,31,33). The molecule has 0 radical (unpaired) electrons. The number of rotatable bonds is 7. The third-order valence-electron chi connectivity index (χ3n) is 4.81. The number of hydrogen-bond donors (Lipinski definition) is 3. The van der Waals surface area contributed by atoms with E-state index in [1.54, 1.807) is 6.92 Å². The van der Waals surface area contributed by atoms with Crippen LogP contribution in [0.25, 0.3) is 0 Å². The maximum absolute atomic E-state index is 12.9. The summed E-state index contributed by atoms with van der Waals surface area (Å²) in [4.78, 5) is 48.7. The van der Waals surface area contributed by atoms with Crippen molar-refractivity contribution in [2.45, 2.75) is 45.7 Å². The van der Waals surface area contributed by atoms with E-state index in [9.17, 15) is 9.59 Å². The molecule has 11 nitrogen and oxygen atoms in total. The minimum Gasteiger partial charge on any atom is -0.383 e. The largest absolute Gasteiger partial charge is 0.383 e. The number of halogens is 1. The summed E-state index contributed by atoms with van der Waals surface area (Å²) in [5.41, 5.74) is 7.01. The predicted octanol–water partition coefficient (Wildman–Crippen LogP) is 3.06. The highest BCUT2D eigenvalue weighted by Crippen LogP contribution is 2.28. The second kappa shape index (κ2) is 10.6. The van der Waals surface area contributed by atoms with Crippen molar-refractivity contribution >= 4 is 46.5 Å². The van der Waals surface area contributed by atoms with Gasteiger partial charge in [0.1, 0.15) is 27.7 Å². The summed E-state index contributed by atoms with van der Waals surface area (Å²) in [6.07, 6.45) is 4.16. The molecule has 13 heteroatoms. The molecule has 0 aliphatic rings. The van der Waals surface area contributed by atoms with Gasteiger partial charge in [0.2, 0.25) is 5.95 Å². The molecule has 0 saturated carbocycles. The van der Waals surface area contributed by atoms with E-state index in [-0.39, 0.29) is 22.9 Å². The minimum absolute atomic E-state index is 0.149. The molecule has 1 atom stereocenters. The zero-order valence-electron chi connectivity index (χ0n) is 20.4. The molecule has 0 aromatic carbocycles. The molecule has 3 rings (SSSR count). The number of carbonyl (C=O) groups excluding carboxylic acids is 2. The first-order chi connectivity index (χ1) is 16.4. The van der Waals surface area contributed by atoms with Crippen LogP contribution in [-0.4, -0.2) is 55.7 Å². The first-order valence-electron chi connectivity index (χ1n) is 10.7. The summed E-state index contributed by atoms with van der Waals surface area (Å²) in [7, 11) is 3.72. The first-order valence-corrected chi connectivity index (χ1v) is 11.9. The fourth-order valence-corrected chi connectivity index (χ4v) is 4.32. The average Bonchev–Trinajstić information content (AvgIpc) is 3.26. The molecular formula is C22H28ClN9O2S. The molecule has 0 fully saturated rings. The van der Waals surface area contributed by atoms with E-state index in [4.69, 9.17) is 17.3 Å². The van der Waals surface area contributed by atoms with Gasteiger partial charge in [-0.05, 0) is 21.0 Å². The monoisotopic (exact) mass is 517 g/mol. The molecule has 0 aliphatic carbocycles. The summed E-state index contributed by atoms with van der Waals surface area (Å²) in [6.45, 7) is 8.09. The van der Waals surface area contributed by atoms with Gasteiger partial charge >= 0.3 is 0 Å². The topological polar surface area (TPSA) is 152 Å². The van der Waals surface area contributed by atoms with Gasteiger partial charge in [0.05, 0.1) is 29.2 Å². The Labute approximate surface area is 212 Å². The summed E-state index contributed by atoms with van der Waals surface area (Å²) in [5.74, 6) is -0.422. The van der Waals surface area contributed by atoms with Gasteiger partial charge in [-0.2, -0.15) is 0 Å². The Bertz CT molecular complexity index is 1240. The molecule has 0 bridgehead atoms.